The van der Waals surface area contributed by atoms with Crippen LogP contribution in [0.4, 0.5) is 0 Å². The number of amides is 1. The average molecular weight is 401 g/mol. The van der Waals surface area contributed by atoms with Gasteiger partial charge in [0, 0.05) is 10.6 Å². The van der Waals surface area contributed by atoms with Gasteiger partial charge in [0.25, 0.3) is 5.91 Å². The number of nitrogens with zero attached hydrogens (tertiary/aromatic N) is 1. The van der Waals surface area contributed by atoms with Crippen molar-refractivity contribution in [1.29, 1.82) is 0 Å². The van der Waals surface area contributed by atoms with E-state index >= 15 is 0 Å². The zero-order chi connectivity index (χ0) is 18.8. The third kappa shape index (κ3) is 3.91. The molecule has 0 fully saturated rings. The smallest absolute Gasteiger partial charge is 0.263 e. The molecule has 0 spiro atoms. The zero-order valence-electron chi connectivity index (χ0n) is 14.6. The van der Waals surface area contributed by atoms with E-state index in [4.69, 9.17) is 21.1 Å². The van der Waals surface area contributed by atoms with Crippen LogP contribution in [-0.4, -0.2) is 30.1 Å². The summed E-state index contributed by atoms with van der Waals surface area (Å²) in [7, 11) is 0. The number of fused-ring (bicyclic) bond motifs is 1. The van der Waals surface area contributed by atoms with E-state index in [1.807, 2.05) is 55.5 Å². The second kappa shape index (κ2) is 7.58. The Labute approximate surface area is 165 Å². The van der Waals surface area contributed by atoms with Gasteiger partial charge in [0.1, 0.15) is 22.6 Å². The molecule has 2 aromatic carbocycles. The second-order valence-electron chi connectivity index (χ2n) is 6.15. The summed E-state index contributed by atoms with van der Waals surface area (Å²) in [6.45, 7) is 2.59. The molecule has 4 rings (SSSR count). The highest BCUT2D eigenvalue weighted by molar-refractivity contribution is 7.17. The molecule has 3 aromatic rings. The van der Waals surface area contributed by atoms with Gasteiger partial charge >= 0.3 is 0 Å². The molecule has 0 radical (unpaired) electrons. The molecule has 1 aliphatic rings. The number of carbonyl (C=O) groups excluding carboxylic acids is 1. The van der Waals surface area contributed by atoms with E-state index in [0.717, 1.165) is 16.3 Å². The Hall–Kier alpha value is -2.57. The van der Waals surface area contributed by atoms with Gasteiger partial charge in [0.2, 0.25) is 0 Å². The molecule has 0 saturated carbocycles. The van der Waals surface area contributed by atoms with Gasteiger partial charge in [0.05, 0.1) is 12.2 Å². The van der Waals surface area contributed by atoms with Crippen molar-refractivity contribution in [3.05, 3.63) is 64.1 Å². The summed E-state index contributed by atoms with van der Waals surface area (Å²) in [5.41, 5.74) is 1.64. The Balaban J connectivity index is 1.41. The quantitative estimate of drug-likeness (QED) is 0.707. The number of aromatic nitrogens is 1. The lowest BCUT2D eigenvalue weighted by molar-refractivity contribution is 0.0791. The lowest BCUT2D eigenvalue weighted by Gasteiger charge is -2.26. The molecule has 7 heteroatoms. The molecular weight excluding hydrogens is 384 g/mol. The van der Waals surface area contributed by atoms with Crippen LogP contribution in [0, 0.1) is 6.92 Å². The fourth-order valence-electron chi connectivity index (χ4n) is 2.77. The van der Waals surface area contributed by atoms with Crippen molar-refractivity contribution >= 4 is 28.8 Å². The van der Waals surface area contributed by atoms with Gasteiger partial charge in [-0.25, -0.2) is 4.98 Å². The summed E-state index contributed by atoms with van der Waals surface area (Å²) >= 11 is 7.29. The van der Waals surface area contributed by atoms with E-state index in [-0.39, 0.29) is 12.0 Å². The molecular formula is C20H17ClN2O3S. The van der Waals surface area contributed by atoms with Crippen LogP contribution in [0.3, 0.4) is 0 Å². The second-order valence-corrected chi connectivity index (χ2v) is 7.58. The standard InChI is InChI=1S/C20H17ClN2O3S/c1-12-18(27-20(23-12)13-6-8-14(21)9-7-13)19(24)22-10-15-11-25-16-4-2-3-5-17(16)26-15/h2-9,15H,10-11H2,1H3,(H,22,24). The molecule has 0 aliphatic carbocycles. The van der Waals surface area contributed by atoms with Crippen LogP contribution in [0.5, 0.6) is 11.5 Å². The van der Waals surface area contributed by atoms with E-state index in [9.17, 15) is 4.79 Å². The molecule has 1 aliphatic heterocycles. The van der Waals surface area contributed by atoms with Gasteiger partial charge in [-0.15, -0.1) is 11.3 Å². The van der Waals surface area contributed by atoms with Gasteiger partial charge in [-0.05, 0) is 31.2 Å². The number of halogens is 1. The number of aryl methyl sites for hydroxylation is 1. The first-order valence-electron chi connectivity index (χ1n) is 8.50. The molecule has 1 unspecified atom stereocenters. The van der Waals surface area contributed by atoms with Crippen LogP contribution in [-0.2, 0) is 0 Å². The van der Waals surface area contributed by atoms with Crippen molar-refractivity contribution in [2.45, 2.75) is 13.0 Å². The minimum absolute atomic E-state index is 0.160. The van der Waals surface area contributed by atoms with Gasteiger partial charge < -0.3 is 14.8 Å². The minimum atomic E-state index is -0.229. The molecule has 0 saturated heterocycles. The first-order chi connectivity index (χ1) is 13.1. The maximum Gasteiger partial charge on any atom is 0.263 e. The fraction of sp³-hybridized carbons (Fsp3) is 0.200. The van der Waals surface area contributed by atoms with E-state index < -0.39 is 0 Å². The van der Waals surface area contributed by atoms with Gasteiger partial charge in [-0.3, -0.25) is 4.79 Å². The van der Waals surface area contributed by atoms with Crippen LogP contribution >= 0.6 is 22.9 Å². The largest absolute Gasteiger partial charge is 0.486 e. The third-order valence-electron chi connectivity index (χ3n) is 4.15. The predicted molar refractivity (Wildman–Crippen MR) is 106 cm³/mol. The number of carbonyl (C=O) groups is 1. The number of thiazole rings is 1. The Morgan fingerprint density at radius 1 is 1.22 bits per heavy atom. The highest BCUT2D eigenvalue weighted by Crippen LogP contribution is 2.31. The van der Waals surface area contributed by atoms with Crippen molar-refractivity contribution in [2.24, 2.45) is 0 Å². The topological polar surface area (TPSA) is 60.5 Å². The SMILES string of the molecule is Cc1nc(-c2ccc(Cl)cc2)sc1C(=O)NCC1COc2ccccc2O1. The maximum absolute atomic E-state index is 12.6. The van der Waals surface area contributed by atoms with Crippen LogP contribution in [0.25, 0.3) is 10.6 Å². The van der Waals surface area contributed by atoms with Gasteiger partial charge in [0.15, 0.2) is 11.5 Å². The lowest BCUT2D eigenvalue weighted by Crippen LogP contribution is -2.40. The Morgan fingerprint density at radius 2 is 1.96 bits per heavy atom. The number of rotatable bonds is 4. The number of benzene rings is 2. The van der Waals surface area contributed by atoms with Crippen LogP contribution in [0.1, 0.15) is 15.4 Å². The van der Waals surface area contributed by atoms with Gasteiger partial charge in [-0.1, -0.05) is 35.9 Å². The Bertz CT molecular complexity index is 972. The zero-order valence-corrected chi connectivity index (χ0v) is 16.1. The monoisotopic (exact) mass is 400 g/mol. The summed E-state index contributed by atoms with van der Waals surface area (Å²) in [5.74, 6) is 1.26. The number of ether oxygens (including phenoxy) is 2. The average Bonchev–Trinajstić information content (AvgIpc) is 3.08. The summed E-state index contributed by atoms with van der Waals surface area (Å²) < 4.78 is 11.5. The summed E-state index contributed by atoms with van der Waals surface area (Å²) in [4.78, 5) is 17.7. The first kappa shape index (κ1) is 17.8. The lowest BCUT2D eigenvalue weighted by atomic mass is 10.2. The van der Waals surface area contributed by atoms with Crippen LogP contribution < -0.4 is 14.8 Å². The highest BCUT2D eigenvalue weighted by Gasteiger charge is 2.22. The number of nitrogens with one attached hydrogen (secondary N) is 1. The van der Waals surface area contributed by atoms with Crippen molar-refractivity contribution < 1.29 is 14.3 Å². The summed E-state index contributed by atoms with van der Waals surface area (Å²) in [5, 5.41) is 4.38. The first-order valence-corrected chi connectivity index (χ1v) is 9.69. The van der Waals surface area contributed by atoms with Crippen molar-refractivity contribution in [3.63, 3.8) is 0 Å². The molecule has 1 atom stereocenters. The van der Waals surface area contributed by atoms with Crippen molar-refractivity contribution in [1.82, 2.24) is 10.3 Å². The molecule has 5 nitrogen and oxygen atoms in total. The molecule has 1 amide bonds. The maximum atomic E-state index is 12.6. The number of para-hydroxylation sites is 2. The van der Waals surface area contributed by atoms with Gasteiger partial charge in [-0.2, -0.15) is 0 Å². The predicted octanol–water partition coefficient (Wildman–Crippen LogP) is 4.34. The Kier molecular flexibility index (Phi) is 5.01. The third-order valence-corrected chi connectivity index (χ3v) is 5.61. The van der Waals surface area contributed by atoms with E-state index in [1.54, 1.807) is 0 Å². The molecule has 27 heavy (non-hydrogen) atoms. The van der Waals surface area contributed by atoms with Crippen molar-refractivity contribution in [2.75, 3.05) is 13.2 Å². The molecule has 0 bridgehead atoms. The van der Waals surface area contributed by atoms with Crippen LogP contribution in [0.15, 0.2) is 48.5 Å². The summed E-state index contributed by atoms with van der Waals surface area (Å²) in [6, 6.07) is 14.9. The van der Waals surface area contributed by atoms with Crippen molar-refractivity contribution in [3.8, 4) is 22.1 Å². The molecule has 2 heterocycles. The van der Waals surface area contributed by atoms with E-state index in [2.05, 4.69) is 10.3 Å². The fourth-order valence-corrected chi connectivity index (χ4v) is 3.89. The number of hydrogen-bond acceptors (Lipinski definition) is 5. The van der Waals surface area contributed by atoms with Crippen LogP contribution in [0.2, 0.25) is 5.02 Å². The molecule has 1 aromatic heterocycles. The number of hydrogen-bond donors (Lipinski definition) is 1. The normalized spacial score (nSPS) is 15.4. The van der Waals surface area contributed by atoms with E-state index in [0.29, 0.717) is 34.5 Å². The van der Waals surface area contributed by atoms with E-state index in [1.165, 1.54) is 11.3 Å². The highest BCUT2D eigenvalue weighted by atomic mass is 35.5. The molecule has 1 N–H and O–H groups in total. The minimum Gasteiger partial charge on any atom is -0.486 e. The Morgan fingerprint density at radius 3 is 2.74 bits per heavy atom. The summed E-state index contributed by atoms with van der Waals surface area (Å²) in [6.07, 6.45) is -0.229. The molecule has 138 valence electrons.